The zero-order chi connectivity index (χ0) is 27.2. The summed E-state index contributed by atoms with van der Waals surface area (Å²) in [5.41, 5.74) is -4.22. The summed E-state index contributed by atoms with van der Waals surface area (Å²) in [4.78, 5) is 14.3. The normalized spacial score (nSPS) is 62.9. The molecule has 15 atom stereocenters. The molecule has 4 bridgehead atoms. The number of esters is 1. The van der Waals surface area contributed by atoms with Gasteiger partial charge in [-0.1, -0.05) is 13.8 Å². The molecule has 4 saturated carbocycles. The highest BCUT2D eigenvalue weighted by atomic mass is 16.7. The van der Waals surface area contributed by atoms with Gasteiger partial charge in [0.1, 0.15) is 11.7 Å². The van der Waals surface area contributed by atoms with Crippen LogP contribution in [0.4, 0.5) is 0 Å². The second-order valence-corrected chi connectivity index (χ2v) is 14.7. The quantitative estimate of drug-likeness (QED) is 0.308. The number of hydrogen-bond donors (Lipinski definition) is 5. The molecule has 3 heterocycles. The first-order chi connectivity index (χ1) is 17.7. The number of hydrogen-bond acceptors (Lipinski definition) is 9. The Morgan fingerprint density at radius 2 is 1.71 bits per heavy atom. The van der Waals surface area contributed by atoms with Gasteiger partial charge in [0.25, 0.3) is 0 Å². The molecule has 0 radical (unpaired) electrons. The van der Waals surface area contributed by atoms with Crippen molar-refractivity contribution in [2.45, 2.75) is 120 Å². The third-order valence-corrected chi connectivity index (χ3v) is 13.1. The van der Waals surface area contributed by atoms with E-state index in [9.17, 15) is 30.3 Å². The van der Waals surface area contributed by atoms with Crippen molar-refractivity contribution in [3.63, 3.8) is 0 Å². The summed E-state index contributed by atoms with van der Waals surface area (Å²) in [7, 11) is 0. The number of ether oxygens (including phenoxy) is 2. The van der Waals surface area contributed by atoms with Crippen molar-refractivity contribution in [1.29, 1.82) is 0 Å². The van der Waals surface area contributed by atoms with Gasteiger partial charge in [0.15, 0.2) is 6.10 Å². The van der Waals surface area contributed by atoms with E-state index in [-0.39, 0.29) is 17.9 Å². The molecule has 0 amide bonds. The first-order valence-corrected chi connectivity index (χ1v) is 14.9. The van der Waals surface area contributed by atoms with Crippen molar-refractivity contribution < 1.29 is 39.8 Å². The molecule has 7 fully saturated rings. The molecule has 7 aliphatic rings. The van der Waals surface area contributed by atoms with Gasteiger partial charge in [-0.25, -0.2) is 0 Å². The van der Waals surface area contributed by atoms with Crippen molar-refractivity contribution in [2.75, 3.05) is 13.1 Å². The fourth-order valence-corrected chi connectivity index (χ4v) is 11.7. The number of aliphatic hydroxyl groups excluding tert-OH is 2. The van der Waals surface area contributed by atoms with Crippen molar-refractivity contribution in [2.24, 2.45) is 40.9 Å². The van der Waals surface area contributed by atoms with Gasteiger partial charge in [0.05, 0.1) is 17.3 Å². The fraction of sp³-hybridized carbons (Fsp3) is 0.966. The number of fused-ring (bicyclic) bond motifs is 5. The molecule has 9 unspecified atom stereocenters. The fourth-order valence-electron chi connectivity index (χ4n) is 11.7. The Balaban J connectivity index is 1.32. The predicted molar refractivity (Wildman–Crippen MR) is 134 cm³/mol. The lowest BCUT2D eigenvalue weighted by molar-refractivity contribution is -0.292. The maximum absolute atomic E-state index is 12.6. The van der Waals surface area contributed by atoms with Gasteiger partial charge in [-0.05, 0) is 69.6 Å². The van der Waals surface area contributed by atoms with Crippen molar-refractivity contribution >= 4 is 5.97 Å². The molecule has 3 saturated heterocycles. The van der Waals surface area contributed by atoms with Crippen molar-refractivity contribution in [3.8, 4) is 0 Å². The summed E-state index contributed by atoms with van der Waals surface area (Å²) in [5, 5.41) is 59.9. The smallest absolute Gasteiger partial charge is 0.303 e. The van der Waals surface area contributed by atoms with E-state index in [0.29, 0.717) is 44.6 Å². The van der Waals surface area contributed by atoms with E-state index in [4.69, 9.17) is 9.47 Å². The predicted octanol–water partition coefficient (Wildman–Crippen LogP) is 0.786. The van der Waals surface area contributed by atoms with Gasteiger partial charge in [-0.2, -0.15) is 0 Å². The summed E-state index contributed by atoms with van der Waals surface area (Å²) in [6.45, 7) is 9.02. The topological polar surface area (TPSA) is 140 Å². The first-order valence-electron chi connectivity index (χ1n) is 14.9. The summed E-state index contributed by atoms with van der Waals surface area (Å²) in [6.07, 6.45) is 1.09. The molecule has 9 nitrogen and oxygen atoms in total. The second kappa shape index (κ2) is 7.72. The lowest BCUT2D eigenvalue weighted by Gasteiger charge is -2.63. The van der Waals surface area contributed by atoms with Crippen molar-refractivity contribution in [3.05, 3.63) is 0 Å². The van der Waals surface area contributed by atoms with Gasteiger partial charge in [0, 0.05) is 49.2 Å². The molecule has 1 spiro atoms. The lowest BCUT2D eigenvalue weighted by Crippen LogP contribution is -2.76. The third kappa shape index (κ3) is 2.80. The van der Waals surface area contributed by atoms with Crippen LogP contribution in [-0.4, -0.2) is 96.4 Å². The number of rotatable bonds is 1. The maximum atomic E-state index is 12.6. The Bertz CT molecular complexity index is 1040. The Morgan fingerprint density at radius 1 is 1.00 bits per heavy atom. The lowest BCUT2D eigenvalue weighted by atomic mass is 9.49. The number of nitrogens with zero attached hydrogens (tertiary/aromatic N) is 1. The highest BCUT2D eigenvalue weighted by Gasteiger charge is 2.85. The van der Waals surface area contributed by atoms with E-state index >= 15 is 0 Å². The zero-order valence-corrected chi connectivity index (χ0v) is 23.0. The van der Waals surface area contributed by atoms with Crippen LogP contribution in [0.25, 0.3) is 0 Å². The molecule has 7 rings (SSSR count). The number of carbonyl (C=O) groups excluding carboxylic acids is 1. The molecule has 0 aromatic heterocycles. The molecule has 4 aliphatic carbocycles. The first kappa shape index (κ1) is 26.1. The minimum Gasteiger partial charge on any atom is -0.457 e. The summed E-state index contributed by atoms with van der Waals surface area (Å²) < 4.78 is 12.4. The molecule has 214 valence electrons. The molecule has 5 N–H and O–H groups in total. The van der Waals surface area contributed by atoms with Crippen LogP contribution in [0.5, 0.6) is 0 Å². The van der Waals surface area contributed by atoms with E-state index < -0.39 is 70.0 Å². The molecule has 0 aromatic rings. The average molecular weight is 536 g/mol. The molecule has 9 heteroatoms. The van der Waals surface area contributed by atoms with Gasteiger partial charge in [-0.3, -0.25) is 9.69 Å². The highest BCUT2D eigenvalue weighted by molar-refractivity contribution is 5.66. The standard InChI is InChI=1S/C29H45NO8/c1-14-5-8-20-26(4,34)22-16(13-30(20)12-14)17-11-27-19(28(17,35)24(33)23(22)32)7-6-18-25(27,3)10-9-21(37-15(2)31)29(18,36)38-27/h14,16-24,32-36H,5-13H2,1-4H3/t14-,16-,17?,18?,19?,20-,21?,22+,23?,24?,25-,26+,27?,28?,29?/m0/s1. The Kier molecular flexibility index (Phi) is 5.30. The molecule has 38 heavy (non-hydrogen) atoms. The monoisotopic (exact) mass is 535 g/mol. The summed E-state index contributed by atoms with van der Waals surface area (Å²) in [6, 6.07) is -0.0936. The van der Waals surface area contributed by atoms with E-state index in [2.05, 4.69) is 18.7 Å². The minimum absolute atomic E-state index is 0.0936. The highest BCUT2D eigenvalue weighted by Crippen LogP contribution is 2.77. The van der Waals surface area contributed by atoms with Crippen LogP contribution in [0, 0.1) is 40.9 Å². The number of carbonyl (C=O) groups is 1. The van der Waals surface area contributed by atoms with Crippen LogP contribution in [-0.2, 0) is 14.3 Å². The average Bonchev–Trinajstić information content (AvgIpc) is 3.07. The molecule has 3 aliphatic heterocycles. The van der Waals surface area contributed by atoms with Gasteiger partial charge in [-0.15, -0.1) is 0 Å². The van der Waals surface area contributed by atoms with Gasteiger partial charge < -0.3 is 35.0 Å². The largest absolute Gasteiger partial charge is 0.457 e. The van der Waals surface area contributed by atoms with Crippen LogP contribution >= 0.6 is 0 Å². The van der Waals surface area contributed by atoms with E-state index in [1.54, 1.807) is 6.92 Å². The SMILES string of the molecule is CC(=O)OC1CC[C@@]2(C)C3CCC4C5(O)C(O)C(O)[C@H]6[C@@H](CN7C[C@@H](C)CC[C@H]7[C@@]6(C)O)C5CC42OC13O. The summed E-state index contributed by atoms with van der Waals surface area (Å²) in [5.74, 6) is -3.56. The third-order valence-electron chi connectivity index (χ3n) is 13.1. The van der Waals surface area contributed by atoms with E-state index in [0.717, 1.165) is 19.4 Å². The van der Waals surface area contributed by atoms with Gasteiger partial charge in [0.2, 0.25) is 5.79 Å². The summed E-state index contributed by atoms with van der Waals surface area (Å²) >= 11 is 0. The van der Waals surface area contributed by atoms with Crippen LogP contribution in [0.15, 0.2) is 0 Å². The van der Waals surface area contributed by atoms with Crippen LogP contribution < -0.4 is 0 Å². The molecular formula is C29H45NO8. The van der Waals surface area contributed by atoms with E-state index in [1.165, 1.54) is 6.92 Å². The van der Waals surface area contributed by atoms with E-state index in [1.807, 2.05) is 0 Å². The van der Waals surface area contributed by atoms with Crippen LogP contribution in [0.1, 0.15) is 72.6 Å². The minimum atomic E-state index is -1.65. The van der Waals surface area contributed by atoms with Crippen molar-refractivity contribution in [1.82, 2.24) is 4.90 Å². The second-order valence-electron chi connectivity index (χ2n) is 14.7. The molecular weight excluding hydrogens is 490 g/mol. The maximum Gasteiger partial charge on any atom is 0.303 e. The van der Waals surface area contributed by atoms with Crippen LogP contribution in [0.2, 0.25) is 0 Å². The Hall–Kier alpha value is -0.810. The number of piperidine rings is 2. The molecule has 0 aromatic carbocycles. The Labute approximate surface area is 224 Å². The zero-order valence-electron chi connectivity index (χ0n) is 23.0. The van der Waals surface area contributed by atoms with Crippen LogP contribution in [0.3, 0.4) is 0 Å². The number of aliphatic hydroxyl groups is 5. The van der Waals surface area contributed by atoms with Gasteiger partial charge >= 0.3 is 5.97 Å². The Morgan fingerprint density at radius 3 is 2.42 bits per heavy atom.